The highest BCUT2D eigenvalue weighted by atomic mass is 79.9. The van der Waals surface area contributed by atoms with Crippen LogP contribution in [0.2, 0.25) is 0 Å². The molecular formula is C27H35BrFN3O3S. The summed E-state index contributed by atoms with van der Waals surface area (Å²) in [6.07, 6.45) is 5.11. The molecule has 1 unspecified atom stereocenters. The fourth-order valence-corrected chi connectivity index (χ4v) is 7.09. The lowest BCUT2D eigenvalue weighted by Gasteiger charge is -2.52. The van der Waals surface area contributed by atoms with E-state index in [4.69, 9.17) is 4.74 Å². The van der Waals surface area contributed by atoms with Crippen molar-refractivity contribution in [2.24, 2.45) is 5.92 Å². The van der Waals surface area contributed by atoms with E-state index in [0.29, 0.717) is 29.2 Å². The summed E-state index contributed by atoms with van der Waals surface area (Å²) in [7, 11) is 0. The van der Waals surface area contributed by atoms with Gasteiger partial charge in [-0.05, 0) is 62.5 Å². The van der Waals surface area contributed by atoms with Crippen LogP contribution < -0.4 is 22.3 Å². The Morgan fingerprint density at radius 2 is 1.92 bits per heavy atom. The first kappa shape index (κ1) is 27.2. The van der Waals surface area contributed by atoms with Crippen molar-refractivity contribution in [2.75, 3.05) is 44.6 Å². The highest BCUT2D eigenvalue weighted by Gasteiger charge is 2.51. The van der Waals surface area contributed by atoms with E-state index in [1.165, 1.54) is 18.6 Å². The minimum Gasteiger partial charge on any atom is -1.00 e. The molecule has 1 amide bonds. The van der Waals surface area contributed by atoms with E-state index in [9.17, 15) is 14.0 Å². The van der Waals surface area contributed by atoms with Crippen molar-refractivity contribution in [2.45, 2.75) is 50.7 Å². The first-order valence-corrected chi connectivity index (χ1v) is 13.7. The van der Waals surface area contributed by atoms with Crippen LogP contribution in [-0.4, -0.2) is 66.6 Å². The number of likely N-dealkylation sites (tertiary alicyclic amines) is 1. The minimum atomic E-state index is -0.778. The summed E-state index contributed by atoms with van der Waals surface area (Å²) in [6.45, 7) is 6.60. The Morgan fingerprint density at radius 3 is 2.58 bits per heavy atom. The van der Waals surface area contributed by atoms with E-state index in [-0.39, 0.29) is 40.8 Å². The molecule has 9 heteroatoms. The van der Waals surface area contributed by atoms with Gasteiger partial charge in [-0.2, -0.15) is 0 Å². The lowest BCUT2D eigenvalue weighted by Crippen LogP contribution is -3.00. The van der Waals surface area contributed by atoms with Gasteiger partial charge in [-0.25, -0.2) is 9.18 Å². The molecule has 4 aliphatic rings. The first-order valence-electron chi connectivity index (χ1n) is 12.8. The van der Waals surface area contributed by atoms with Crippen LogP contribution in [0.15, 0.2) is 41.8 Å². The number of amides is 1. The molecule has 0 aliphatic carbocycles. The Bertz CT molecular complexity index is 1050. The predicted octanol–water partition coefficient (Wildman–Crippen LogP) is 1.38. The molecule has 196 valence electrons. The number of thiophene rings is 1. The lowest BCUT2D eigenvalue weighted by molar-refractivity contribution is -0.939. The Kier molecular flexibility index (Phi) is 8.54. The number of hydrogen-bond donors (Lipinski definition) is 1. The van der Waals surface area contributed by atoms with Crippen molar-refractivity contribution in [1.82, 2.24) is 4.90 Å². The summed E-state index contributed by atoms with van der Waals surface area (Å²) >= 11 is 1.61. The van der Waals surface area contributed by atoms with Gasteiger partial charge in [0.2, 0.25) is 0 Å². The molecule has 4 saturated heterocycles. The van der Waals surface area contributed by atoms with Gasteiger partial charge in [0.1, 0.15) is 12.4 Å². The van der Waals surface area contributed by atoms with E-state index >= 15 is 0 Å². The molecule has 4 fully saturated rings. The molecule has 1 aromatic heterocycles. The van der Waals surface area contributed by atoms with Crippen LogP contribution in [0.3, 0.4) is 0 Å². The lowest BCUT2D eigenvalue weighted by atomic mass is 9.83. The van der Waals surface area contributed by atoms with E-state index in [0.717, 1.165) is 56.7 Å². The Labute approximate surface area is 227 Å². The Hall–Kier alpha value is -1.81. The van der Waals surface area contributed by atoms with Crippen molar-refractivity contribution in [3.05, 3.63) is 52.5 Å². The zero-order valence-corrected chi connectivity index (χ0v) is 23.2. The molecule has 1 N–H and O–H groups in total. The van der Waals surface area contributed by atoms with E-state index in [2.05, 4.69) is 10.2 Å². The number of quaternary nitrogens is 1. The third-order valence-corrected chi connectivity index (χ3v) is 9.35. The highest BCUT2D eigenvalue weighted by Crippen LogP contribution is 2.39. The molecule has 6 rings (SSSR count). The molecule has 4 aliphatic heterocycles. The number of rotatable bonds is 7. The topological polar surface area (TPSA) is 58.6 Å². The Balaban J connectivity index is 0.00000304. The van der Waals surface area contributed by atoms with Gasteiger partial charge < -0.3 is 31.5 Å². The number of carbonyl (C=O) groups is 2. The van der Waals surface area contributed by atoms with Crippen LogP contribution in [0, 0.1) is 11.7 Å². The van der Waals surface area contributed by atoms with E-state index < -0.39 is 5.54 Å². The molecule has 1 aromatic carbocycles. The van der Waals surface area contributed by atoms with Crippen LogP contribution in [0.5, 0.6) is 0 Å². The van der Waals surface area contributed by atoms with Gasteiger partial charge in [0, 0.05) is 29.3 Å². The van der Waals surface area contributed by atoms with Crippen LogP contribution >= 0.6 is 11.3 Å². The normalized spacial score (nSPS) is 27.5. The standard InChI is InChI=1S/C27H34FN3O3S.BrH/c1-27(24-9-6-16-35-24,30-12-3-2-4-13-30)26(33)34-23-18-31(14-10-20(23)11-15-31)19-25(32)29-22-8-5-7-21(28)17-22;/h5-9,16-17,20,23H,2-4,10-15,18-19H2,1H3;1H/t20?,23-,27?,31?;/m0./s1. The fourth-order valence-electron chi connectivity index (χ4n) is 6.18. The average molecular weight is 581 g/mol. The zero-order valence-electron chi connectivity index (χ0n) is 20.8. The van der Waals surface area contributed by atoms with Crippen LogP contribution in [0.1, 0.15) is 43.9 Å². The van der Waals surface area contributed by atoms with E-state index in [1.807, 2.05) is 24.4 Å². The van der Waals surface area contributed by atoms with Crippen LogP contribution in [-0.2, 0) is 19.9 Å². The summed E-state index contributed by atoms with van der Waals surface area (Å²) in [4.78, 5) is 30.0. The second-order valence-corrected chi connectivity index (χ2v) is 11.5. The van der Waals surface area contributed by atoms with Gasteiger partial charge in [0.25, 0.3) is 5.91 Å². The van der Waals surface area contributed by atoms with Gasteiger partial charge in [-0.15, -0.1) is 11.3 Å². The molecule has 0 saturated carbocycles. The average Bonchev–Trinajstić information content (AvgIpc) is 3.40. The number of piperidine rings is 4. The third-order valence-electron chi connectivity index (χ3n) is 8.27. The summed E-state index contributed by atoms with van der Waals surface area (Å²) in [5, 5.41) is 4.86. The molecule has 0 spiro atoms. The van der Waals surface area contributed by atoms with Crippen molar-refractivity contribution in [1.29, 1.82) is 0 Å². The SMILES string of the molecule is CC(C(=O)O[C@H]1C[N+]2(CC(=O)Nc3cccc(F)c3)CCC1CC2)(c1cccs1)N1CCCCC1.[Br-]. The van der Waals surface area contributed by atoms with Crippen LogP contribution in [0.25, 0.3) is 0 Å². The van der Waals surface area contributed by atoms with Crippen molar-refractivity contribution < 1.29 is 40.2 Å². The van der Waals surface area contributed by atoms with Gasteiger partial charge in [0.15, 0.2) is 18.2 Å². The maximum absolute atomic E-state index is 13.8. The Morgan fingerprint density at radius 1 is 1.17 bits per heavy atom. The monoisotopic (exact) mass is 579 g/mol. The zero-order chi connectivity index (χ0) is 24.5. The number of ether oxygens (including phenoxy) is 1. The number of benzene rings is 1. The van der Waals surface area contributed by atoms with Crippen molar-refractivity contribution in [3.8, 4) is 0 Å². The maximum atomic E-state index is 13.8. The number of nitrogens with zero attached hydrogens (tertiary/aromatic N) is 2. The fraction of sp³-hybridized carbons (Fsp3) is 0.556. The largest absolute Gasteiger partial charge is 1.00 e. The summed E-state index contributed by atoms with van der Waals surface area (Å²) in [5.74, 6) is -0.317. The second-order valence-electron chi connectivity index (χ2n) is 10.6. The number of hydrogen-bond acceptors (Lipinski definition) is 5. The third kappa shape index (κ3) is 5.54. The molecule has 2 atom stereocenters. The summed E-state index contributed by atoms with van der Waals surface area (Å²) in [5.41, 5.74) is -0.309. The molecule has 5 heterocycles. The number of carbonyl (C=O) groups excluding carboxylic acids is 2. The highest BCUT2D eigenvalue weighted by molar-refractivity contribution is 7.10. The van der Waals surface area contributed by atoms with Crippen molar-refractivity contribution >= 4 is 28.9 Å². The number of esters is 1. The van der Waals surface area contributed by atoms with Gasteiger partial charge in [-0.1, -0.05) is 18.6 Å². The minimum absolute atomic E-state index is 0. The number of fused-ring (bicyclic) bond motifs is 3. The molecule has 36 heavy (non-hydrogen) atoms. The number of nitrogens with one attached hydrogen (secondary N) is 1. The molecule has 0 radical (unpaired) electrons. The number of halogens is 2. The molecule has 2 aromatic rings. The molecular weight excluding hydrogens is 545 g/mol. The van der Waals surface area contributed by atoms with Gasteiger partial charge >= 0.3 is 5.97 Å². The summed E-state index contributed by atoms with van der Waals surface area (Å²) < 4.78 is 20.5. The van der Waals surface area contributed by atoms with Crippen LogP contribution in [0.4, 0.5) is 10.1 Å². The van der Waals surface area contributed by atoms with Crippen molar-refractivity contribution in [3.63, 3.8) is 0 Å². The van der Waals surface area contributed by atoms with E-state index in [1.54, 1.807) is 23.5 Å². The molecule has 6 nitrogen and oxygen atoms in total. The van der Waals surface area contributed by atoms with Gasteiger partial charge in [-0.3, -0.25) is 9.69 Å². The molecule has 2 bridgehead atoms. The number of anilines is 1. The smallest absolute Gasteiger partial charge is 0.332 e. The quantitative estimate of drug-likeness (QED) is 0.398. The van der Waals surface area contributed by atoms with Gasteiger partial charge in [0.05, 0.1) is 13.1 Å². The second kappa shape index (κ2) is 11.3. The maximum Gasteiger partial charge on any atom is 0.332 e. The predicted molar refractivity (Wildman–Crippen MR) is 134 cm³/mol. The first-order chi connectivity index (χ1) is 16.9. The summed E-state index contributed by atoms with van der Waals surface area (Å²) in [6, 6.07) is 10.0.